The zero-order valence-electron chi connectivity index (χ0n) is 13.0. The molecule has 0 atom stereocenters. The van der Waals surface area contributed by atoms with Gasteiger partial charge in [0.1, 0.15) is 18.0 Å². The lowest BCUT2D eigenvalue weighted by Crippen LogP contribution is -2.30. The van der Waals surface area contributed by atoms with Crippen LogP contribution in [0.5, 0.6) is 5.75 Å². The summed E-state index contributed by atoms with van der Waals surface area (Å²) in [6.07, 6.45) is 6.37. The highest BCUT2D eigenvalue weighted by Gasteiger charge is 2.38. The first-order valence-electron chi connectivity index (χ1n) is 7.76. The van der Waals surface area contributed by atoms with Crippen molar-refractivity contribution >= 4 is 21.8 Å². The van der Waals surface area contributed by atoms with E-state index < -0.39 is 39.9 Å². The Balaban J connectivity index is 1.78. The van der Waals surface area contributed by atoms with E-state index in [2.05, 4.69) is 5.10 Å². The fourth-order valence-corrected chi connectivity index (χ4v) is 4.15. The summed E-state index contributed by atoms with van der Waals surface area (Å²) in [6.45, 7) is -0.586. The molecule has 0 bridgehead atoms. The van der Waals surface area contributed by atoms with Gasteiger partial charge in [-0.1, -0.05) is 0 Å². The third kappa shape index (κ3) is 2.53. The number of aromatic nitrogens is 2. The average Bonchev–Trinajstić information content (AvgIpc) is 3.02. The van der Waals surface area contributed by atoms with Gasteiger partial charge in [0.2, 0.25) is 0 Å². The van der Waals surface area contributed by atoms with Crippen molar-refractivity contribution in [3.63, 3.8) is 0 Å². The third-order valence-electron chi connectivity index (χ3n) is 4.53. The molecule has 1 saturated heterocycles. The largest absolute Gasteiger partial charge is 0.506 e. The van der Waals surface area contributed by atoms with E-state index in [4.69, 9.17) is 0 Å². The summed E-state index contributed by atoms with van der Waals surface area (Å²) in [4.78, 5) is 11.4. The summed E-state index contributed by atoms with van der Waals surface area (Å²) in [6, 6.07) is 2.86. The smallest absolute Gasteiger partial charge is 0.326 e. The van der Waals surface area contributed by atoms with E-state index in [9.17, 15) is 18.3 Å². The second kappa shape index (κ2) is 5.45. The minimum atomic E-state index is -4.22. The number of rotatable bonds is 3. The Morgan fingerprint density at radius 2 is 2.08 bits per heavy atom. The average molecular weight is 366 g/mol. The van der Waals surface area contributed by atoms with Gasteiger partial charge in [0, 0.05) is 17.3 Å². The molecule has 0 unspecified atom stereocenters. The molecule has 1 saturated carbocycles. The fraction of sp³-hybridized carbons (Fsp3) is 0.333. The number of carbonyl (C=O) groups excluding carboxylic acids is 1. The van der Waals surface area contributed by atoms with Crippen molar-refractivity contribution in [2.45, 2.75) is 25.3 Å². The second-order valence-electron chi connectivity index (χ2n) is 6.13. The van der Waals surface area contributed by atoms with Gasteiger partial charge in [0.15, 0.2) is 5.82 Å². The number of nitrogens with zero attached hydrogens (tertiary/aromatic N) is 3. The van der Waals surface area contributed by atoms with Gasteiger partial charge in [-0.2, -0.15) is 13.5 Å². The molecule has 2 aromatic rings. The number of amides is 1. The highest BCUT2D eigenvalue weighted by molar-refractivity contribution is 7.92. The maximum absolute atomic E-state index is 15.0. The Bertz CT molecular complexity index is 968. The first kappa shape index (κ1) is 15.9. The first-order chi connectivity index (χ1) is 11.9. The number of hydrogen-bond donors (Lipinski definition) is 2. The predicted molar refractivity (Wildman–Crippen MR) is 86.6 cm³/mol. The molecular weight excluding hydrogens is 351 g/mol. The third-order valence-corrected chi connectivity index (χ3v) is 5.90. The molecule has 1 aromatic heterocycles. The predicted octanol–water partition coefficient (Wildman–Crippen LogP) is 1.30. The number of anilines is 1. The van der Waals surface area contributed by atoms with Gasteiger partial charge >= 0.3 is 10.2 Å². The van der Waals surface area contributed by atoms with Crippen LogP contribution in [0.2, 0.25) is 0 Å². The van der Waals surface area contributed by atoms with E-state index in [0.29, 0.717) is 15.9 Å². The molecule has 10 heteroatoms. The number of aromatic hydroxyl groups is 1. The Morgan fingerprint density at radius 1 is 1.32 bits per heavy atom. The molecule has 0 radical (unpaired) electrons. The van der Waals surface area contributed by atoms with Gasteiger partial charge in [-0.15, -0.1) is 0 Å². The molecule has 1 amide bonds. The molecule has 2 aliphatic rings. The topological polar surface area (TPSA) is 105 Å². The van der Waals surface area contributed by atoms with Crippen molar-refractivity contribution in [3.8, 4) is 16.9 Å². The SMILES string of the molecule is O=C1CN(c2c(O)ccc(-c3cnn(C4CCC4)c3)c2F)S(=O)(=O)N1. The van der Waals surface area contributed by atoms with Gasteiger partial charge < -0.3 is 5.11 Å². The first-order valence-corrected chi connectivity index (χ1v) is 9.20. The van der Waals surface area contributed by atoms with Gasteiger partial charge in [-0.25, -0.2) is 13.4 Å². The van der Waals surface area contributed by atoms with E-state index in [0.717, 1.165) is 19.3 Å². The van der Waals surface area contributed by atoms with Crippen molar-refractivity contribution in [1.82, 2.24) is 14.5 Å². The summed E-state index contributed by atoms with van der Waals surface area (Å²) in [5, 5.41) is 14.2. The van der Waals surface area contributed by atoms with Crippen LogP contribution in [0.3, 0.4) is 0 Å². The lowest BCUT2D eigenvalue weighted by Gasteiger charge is -2.25. The quantitative estimate of drug-likeness (QED) is 0.852. The van der Waals surface area contributed by atoms with Crippen LogP contribution in [0, 0.1) is 5.82 Å². The molecule has 0 spiro atoms. The van der Waals surface area contributed by atoms with Crippen LogP contribution in [-0.4, -0.2) is 35.8 Å². The van der Waals surface area contributed by atoms with Crippen molar-refractivity contribution in [2.24, 2.45) is 0 Å². The minimum Gasteiger partial charge on any atom is -0.506 e. The molecule has 25 heavy (non-hydrogen) atoms. The highest BCUT2D eigenvalue weighted by atomic mass is 32.2. The number of phenols is 1. The van der Waals surface area contributed by atoms with Crippen LogP contribution < -0.4 is 9.03 Å². The molecule has 2 fully saturated rings. The molecule has 1 aromatic carbocycles. The Labute approximate surface area is 143 Å². The highest BCUT2D eigenvalue weighted by Crippen LogP contribution is 2.39. The zero-order chi connectivity index (χ0) is 17.8. The standard InChI is InChI=1S/C15H15FN4O4S/c16-14-11(9-6-17-19(7-9)10-2-1-3-10)4-5-12(21)15(14)20-8-13(22)18-25(20,23)24/h4-7,10,21H,1-3,8H2,(H,18,22). The van der Waals surface area contributed by atoms with Crippen molar-refractivity contribution in [1.29, 1.82) is 0 Å². The van der Waals surface area contributed by atoms with E-state index in [1.54, 1.807) is 15.6 Å². The monoisotopic (exact) mass is 366 g/mol. The van der Waals surface area contributed by atoms with Crippen LogP contribution in [-0.2, 0) is 15.0 Å². The molecule has 1 aliphatic heterocycles. The van der Waals surface area contributed by atoms with E-state index >= 15 is 4.39 Å². The van der Waals surface area contributed by atoms with E-state index in [1.165, 1.54) is 18.3 Å². The van der Waals surface area contributed by atoms with Crippen LogP contribution in [0.1, 0.15) is 25.3 Å². The summed E-state index contributed by atoms with van der Waals surface area (Å²) < 4.78 is 43.0. The van der Waals surface area contributed by atoms with E-state index in [-0.39, 0.29) is 5.56 Å². The molecule has 1 aliphatic carbocycles. The fourth-order valence-electron chi connectivity index (χ4n) is 2.99. The maximum atomic E-state index is 15.0. The molecule has 2 heterocycles. The number of benzene rings is 1. The van der Waals surface area contributed by atoms with Crippen molar-refractivity contribution in [3.05, 3.63) is 30.3 Å². The number of halogens is 1. The number of hydrogen-bond acceptors (Lipinski definition) is 5. The normalized spacial score (nSPS) is 19.7. The van der Waals surface area contributed by atoms with Gasteiger partial charge in [0.05, 0.1) is 12.2 Å². The van der Waals surface area contributed by atoms with Crippen LogP contribution in [0.25, 0.3) is 11.1 Å². The molecule has 2 N–H and O–H groups in total. The number of carbonyl (C=O) groups is 1. The lowest BCUT2D eigenvalue weighted by atomic mass is 9.93. The van der Waals surface area contributed by atoms with Gasteiger partial charge in [0.25, 0.3) is 5.91 Å². The van der Waals surface area contributed by atoms with Crippen LogP contribution in [0.4, 0.5) is 10.1 Å². The van der Waals surface area contributed by atoms with Gasteiger partial charge in [-0.05, 0) is 31.4 Å². The second-order valence-corrected chi connectivity index (χ2v) is 7.72. The van der Waals surface area contributed by atoms with Crippen LogP contribution >= 0.6 is 0 Å². The maximum Gasteiger partial charge on any atom is 0.326 e. The van der Waals surface area contributed by atoms with Crippen molar-refractivity contribution in [2.75, 3.05) is 10.8 Å². The molecule has 132 valence electrons. The van der Waals surface area contributed by atoms with E-state index in [1.807, 2.05) is 0 Å². The summed E-state index contributed by atoms with van der Waals surface area (Å²) in [5.41, 5.74) is 0.0293. The van der Waals surface area contributed by atoms with Crippen molar-refractivity contribution < 1.29 is 22.7 Å². The summed E-state index contributed by atoms with van der Waals surface area (Å²) in [5.74, 6) is -2.28. The number of phenolic OH excluding ortho intramolecular Hbond substituents is 1. The Kier molecular flexibility index (Phi) is 3.46. The molecule has 4 rings (SSSR count). The summed E-state index contributed by atoms with van der Waals surface area (Å²) >= 11 is 0. The zero-order valence-corrected chi connectivity index (χ0v) is 13.8. The van der Waals surface area contributed by atoms with Gasteiger partial charge in [-0.3, -0.25) is 9.48 Å². The lowest BCUT2D eigenvalue weighted by molar-refractivity contribution is -0.117. The summed E-state index contributed by atoms with van der Waals surface area (Å²) in [7, 11) is -4.22. The Morgan fingerprint density at radius 3 is 2.68 bits per heavy atom. The minimum absolute atomic E-state index is 0.105. The Hall–Kier alpha value is -2.62. The van der Waals surface area contributed by atoms with Crippen LogP contribution in [0.15, 0.2) is 24.5 Å². The molecular formula is C15H15FN4O4S. The number of nitrogens with one attached hydrogen (secondary N) is 1. The molecule has 8 nitrogen and oxygen atoms in total.